The van der Waals surface area contributed by atoms with Crippen molar-refractivity contribution >= 4 is 11.7 Å². The number of amides is 1. The van der Waals surface area contributed by atoms with E-state index in [9.17, 15) is 4.79 Å². The predicted octanol–water partition coefficient (Wildman–Crippen LogP) is 3.21. The van der Waals surface area contributed by atoms with Crippen LogP contribution in [-0.4, -0.2) is 23.0 Å². The summed E-state index contributed by atoms with van der Waals surface area (Å²) in [5.74, 6) is 0.720. The Morgan fingerprint density at radius 3 is 2.37 bits per heavy atom. The number of aromatic nitrogens is 1. The molecule has 1 heterocycles. The molecule has 0 unspecified atom stereocenters. The predicted molar refractivity (Wildman–Crippen MR) is 79.5 cm³/mol. The normalized spacial score (nSPS) is 11.2. The molecule has 0 aliphatic rings. The molecule has 0 fully saturated rings. The van der Waals surface area contributed by atoms with E-state index in [0.717, 1.165) is 31.6 Å². The summed E-state index contributed by atoms with van der Waals surface area (Å²) in [6, 6.07) is 3.55. The van der Waals surface area contributed by atoms with Crippen molar-refractivity contribution in [2.75, 3.05) is 11.9 Å². The number of anilines is 1. The molecule has 19 heavy (non-hydrogen) atoms. The monoisotopic (exact) mass is 263 g/mol. The van der Waals surface area contributed by atoms with Crippen LogP contribution >= 0.6 is 0 Å². The molecule has 0 aliphatic heterocycles. The molecule has 2 N–H and O–H groups in total. The largest absolute Gasteiger partial charge is 0.370 e. The second-order valence-corrected chi connectivity index (χ2v) is 4.76. The Kier molecular flexibility index (Phi) is 5.80. The smallest absolute Gasteiger partial charge is 0.251 e. The van der Waals surface area contributed by atoms with Crippen LogP contribution < -0.4 is 10.6 Å². The van der Waals surface area contributed by atoms with Crippen LogP contribution in [0.1, 0.15) is 57.3 Å². The van der Waals surface area contributed by atoms with Crippen LogP contribution in [0.3, 0.4) is 0 Å². The Balaban J connectivity index is 2.85. The van der Waals surface area contributed by atoms with Gasteiger partial charge in [0.2, 0.25) is 0 Å². The first-order valence-corrected chi connectivity index (χ1v) is 7.13. The van der Waals surface area contributed by atoms with E-state index in [4.69, 9.17) is 0 Å². The molecule has 1 rings (SSSR count). The highest BCUT2D eigenvalue weighted by Crippen LogP contribution is 2.20. The van der Waals surface area contributed by atoms with Crippen molar-refractivity contribution in [3.63, 3.8) is 0 Å². The van der Waals surface area contributed by atoms with Gasteiger partial charge in [-0.1, -0.05) is 20.8 Å². The molecule has 0 aromatic carbocycles. The zero-order chi connectivity index (χ0) is 14.3. The van der Waals surface area contributed by atoms with Crippen LogP contribution in [-0.2, 0) is 0 Å². The lowest BCUT2D eigenvalue weighted by molar-refractivity contribution is 0.0888. The minimum atomic E-state index is -0.0985. The quantitative estimate of drug-likeness (QED) is 0.794. The van der Waals surface area contributed by atoms with Gasteiger partial charge in [0.15, 0.2) is 0 Å². The number of carbonyl (C=O) groups excluding carboxylic acids is 1. The van der Waals surface area contributed by atoms with E-state index in [1.807, 2.05) is 6.92 Å². The average Bonchev–Trinajstić information content (AvgIpc) is 2.45. The molecule has 0 saturated carbocycles. The zero-order valence-electron chi connectivity index (χ0n) is 12.4. The lowest BCUT2D eigenvalue weighted by Gasteiger charge is -2.31. The molecule has 1 amide bonds. The van der Waals surface area contributed by atoms with Crippen molar-refractivity contribution in [1.29, 1.82) is 0 Å². The van der Waals surface area contributed by atoms with Crippen LogP contribution in [0.15, 0.2) is 18.3 Å². The standard InChI is InChI=1S/C15H25N3O/c1-5-15(6-2,7-3)18-14(19)12-9-10-17-13(11-12)16-8-4/h9-11H,5-8H2,1-4H3,(H,16,17)(H,18,19). The summed E-state index contributed by atoms with van der Waals surface area (Å²) in [6.45, 7) is 9.14. The van der Waals surface area contributed by atoms with Gasteiger partial charge in [-0.25, -0.2) is 4.98 Å². The highest BCUT2D eigenvalue weighted by molar-refractivity contribution is 5.95. The summed E-state index contributed by atoms with van der Waals surface area (Å²) in [4.78, 5) is 16.5. The maximum Gasteiger partial charge on any atom is 0.251 e. The fourth-order valence-electron chi connectivity index (χ4n) is 2.18. The van der Waals surface area contributed by atoms with Crippen molar-refractivity contribution in [1.82, 2.24) is 10.3 Å². The van der Waals surface area contributed by atoms with E-state index < -0.39 is 0 Å². The minimum Gasteiger partial charge on any atom is -0.370 e. The Bertz CT molecular complexity index is 405. The number of nitrogens with one attached hydrogen (secondary N) is 2. The van der Waals surface area contributed by atoms with Crippen LogP contribution in [0, 0.1) is 0 Å². The van der Waals surface area contributed by atoms with Gasteiger partial charge in [-0.2, -0.15) is 0 Å². The summed E-state index contributed by atoms with van der Waals surface area (Å²) < 4.78 is 0. The van der Waals surface area contributed by atoms with Gasteiger partial charge < -0.3 is 10.6 Å². The molecule has 0 radical (unpaired) electrons. The number of nitrogens with zero attached hydrogens (tertiary/aromatic N) is 1. The summed E-state index contributed by atoms with van der Waals surface area (Å²) in [5, 5.41) is 6.29. The molecular formula is C15H25N3O. The summed E-state index contributed by atoms with van der Waals surface area (Å²) in [6.07, 6.45) is 4.49. The molecule has 0 aliphatic carbocycles. The van der Waals surface area contributed by atoms with Crippen molar-refractivity contribution in [2.24, 2.45) is 0 Å². The van der Waals surface area contributed by atoms with Crippen molar-refractivity contribution in [3.05, 3.63) is 23.9 Å². The maximum atomic E-state index is 12.3. The third-order valence-corrected chi connectivity index (χ3v) is 3.79. The molecule has 0 bridgehead atoms. The average molecular weight is 263 g/mol. The maximum absolute atomic E-state index is 12.3. The molecule has 0 saturated heterocycles. The second-order valence-electron chi connectivity index (χ2n) is 4.76. The van der Waals surface area contributed by atoms with E-state index in [-0.39, 0.29) is 11.4 Å². The van der Waals surface area contributed by atoms with Crippen LogP contribution in [0.25, 0.3) is 0 Å². The lowest BCUT2D eigenvalue weighted by atomic mass is 9.89. The van der Waals surface area contributed by atoms with Gasteiger partial charge >= 0.3 is 0 Å². The van der Waals surface area contributed by atoms with E-state index in [0.29, 0.717) is 5.56 Å². The molecule has 0 atom stereocenters. The highest BCUT2D eigenvalue weighted by Gasteiger charge is 2.26. The Morgan fingerprint density at radius 2 is 1.84 bits per heavy atom. The second kappa shape index (κ2) is 7.12. The van der Waals surface area contributed by atoms with Crippen LogP contribution in [0.4, 0.5) is 5.82 Å². The minimum absolute atomic E-state index is 0.0212. The van der Waals surface area contributed by atoms with Gasteiger partial charge in [0.05, 0.1) is 0 Å². The zero-order valence-corrected chi connectivity index (χ0v) is 12.4. The Hall–Kier alpha value is -1.58. The Labute approximate surface area is 116 Å². The third kappa shape index (κ3) is 3.94. The van der Waals surface area contributed by atoms with Gasteiger partial charge in [0.25, 0.3) is 5.91 Å². The van der Waals surface area contributed by atoms with Crippen LogP contribution in [0.2, 0.25) is 0 Å². The highest BCUT2D eigenvalue weighted by atomic mass is 16.1. The summed E-state index contributed by atoms with van der Waals surface area (Å²) in [7, 11) is 0. The van der Waals surface area contributed by atoms with Crippen molar-refractivity contribution < 1.29 is 4.79 Å². The molecular weight excluding hydrogens is 238 g/mol. The number of rotatable bonds is 7. The molecule has 4 nitrogen and oxygen atoms in total. The van der Waals surface area contributed by atoms with E-state index >= 15 is 0 Å². The summed E-state index contributed by atoms with van der Waals surface area (Å²) in [5.41, 5.74) is 0.560. The number of hydrogen-bond acceptors (Lipinski definition) is 3. The molecule has 4 heteroatoms. The number of hydrogen-bond donors (Lipinski definition) is 2. The van der Waals surface area contributed by atoms with Gasteiger partial charge in [-0.05, 0) is 38.3 Å². The Morgan fingerprint density at radius 1 is 1.21 bits per heavy atom. The first-order valence-electron chi connectivity index (χ1n) is 7.13. The first-order chi connectivity index (χ1) is 9.10. The van der Waals surface area contributed by atoms with Gasteiger partial charge in [-0.15, -0.1) is 0 Å². The van der Waals surface area contributed by atoms with Crippen molar-refractivity contribution in [2.45, 2.75) is 52.5 Å². The molecule has 1 aromatic heterocycles. The lowest BCUT2D eigenvalue weighted by Crippen LogP contribution is -2.47. The molecule has 1 aromatic rings. The fourth-order valence-corrected chi connectivity index (χ4v) is 2.18. The molecule has 106 valence electrons. The fraction of sp³-hybridized carbons (Fsp3) is 0.600. The number of pyridine rings is 1. The van der Waals surface area contributed by atoms with E-state index in [1.54, 1.807) is 18.3 Å². The van der Waals surface area contributed by atoms with Gasteiger partial charge in [-0.3, -0.25) is 4.79 Å². The number of carbonyl (C=O) groups is 1. The SMILES string of the molecule is CCNc1cc(C(=O)NC(CC)(CC)CC)ccn1. The van der Waals surface area contributed by atoms with Gasteiger partial charge in [0, 0.05) is 23.8 Å². The van der Waals surface area contributed by atoms with Gasteiger partial charge in [0.1, 0.15) is 5.82 Å². The van der Waals surface area contributed by atoms with E-state index in [1.165, 1.54) is 0 Å². The van der Waals surface area contributed by atoms with Crippen molar-refractivity contribution in [3.8, 4) is 0 Å². The topological polar surface area (TPSA) is 54.0 Å². The van der Waals surface area contributed by atoms with E-state index in [2.05, 4.69) is 36.4 Å². The van der Waals surface area contributed by atoms with Crippen LogP contribution in [0.5, 0.6) is 0 Å². The third-order valence-electron chi connectivity index (χ3n) is 3.79. The summed E-state index contributed by atoms with van der Waals surface area (Å²) >= 11 is 0. The first kappa shape index (κ1) is 15.5. The molecule has 0 spiro atoms.